The number of aromatic hydroxyl groups is 1. The average Bonchev–Trinajstić information content (AvgIpc) is 3.23. The molecule has 31 heavy (non-hydrogen) atoms. The monoisotopic (exact) mass is 417 g/mol. The lowest BCUT2D eigenvalue weighted by Crippen LogP contribution is -2.25. The molecule has 0 aliphatic carbocycles. The number of phenols is 1. The fourth-order valence-corrected chi connectivity index (χ4v) is 2.79. The smallest absolute Gasteiger partial charge is 0.343 e. The van der Waals surface area contributed by atoms with Crippen LogP contribution in [-0.4, -0.2) is 27.0 Å². The van der Waals surface area contributed by atoms with Crippen LogP contribution in [0.4, 0.5) is 10.8 Å². The summed E-state index contributed by atoms with van der Waals surface area (Å²) in [4.78, 5) is 12.0. The molecule has 0 radical (unpaired) electrons. The van der Waals surface area contributed by atoms with E-state index in [0.717, 1.165) is 16.3 Å². The predicted molar refractivity (Wildman–Crippen MR) is 115 cm³/mol. The lowest BCUT2D eigenvalue weighted by atomic mass is 10.1. The van der Waals surface area contributed by atoms with Crippen molar-refractivity contribution in [2.24, 2.45) is 5.10 Å². The number of benzene rings is 3. The van der Waals surface area contributed by atoms with Gasteiger partial charge in [-0.2, -0.15) is 5.10 Å². The molecule has 2 amide bonds. The van der Waals surface area contributed by atoms with E-state index in [0.29, 0.717) is 11.5 Å². The zero-order valence-electron chi connectivity index (χ0n) is 16.6. The van der Waals surface area contributed by atoms with Crippen molar-refractivity contribution in [3.8, 4) is 11.5 Å². The number of phenolic OH excluding ortho intramolecular Hbond substituents is 1. The van der Waals surface area contributed by atoms with Crippen LogP contribution in [0.5, 0.6) is 11.5 Å². The zero-order valence-corrected chi connectivity index (χ0v) is 16.6. The van der Waals surface area contributed by atoms with E-state index in [1.165, 1.54) is 12.1 Å². The van der Waals surface area contributed by atoms with Crippen LogP contribution >= 0.6 is 0 Å². The molecule has 0 spiro atoms. The van der Waals surface area contributed by atoms with Gasteiger partial charge in [0.2, 0.25) is 0 Å². The van der Waals surface area contributed by atoms with Crippen molar-refractivity contribution >= 4 is 28.5 Å². The van der Waals surface area contributed by atoms with Crippen LogP contribution in [0.2, 0.25) is 0 Å². The van der Waals surface area contributed by atoms with E-state index in [1.54, 1.807) is 19.1 Å². The summed E-state index contributed by atoms with van der Waals surface area (Å²) in [6.45, 7) is 1.79. The first kappa shape index (κ1) is 19.9. The summed E-state index contributed by atoms with van der Waals surface area (Å²) < 4.78 is 11.1. The van der Waals surface area contributed by atoms with E-state index in [2.05, 4.69) is 26.0 Å². The maximum Gasteiger partial charge on any atom is 0.343 e. The van der Waals surface area contributed by atoms with E-state index in [9.17, 15) is 9.90 Å². The summed E-state index contributed by atoms with van der Waals surface area (Å²) in [5.74, 6) is 1.04. The van der Waals surface area contributed by atoms with Crippen molar-refractivity contribution in [3.63, 3.8) is 0 Å². The Bertz CT molecular complexity index is 1230. The molecule has 4 rings (SSSR count). The molecule has 0 saturated carbocycles. The van der Waals surface area contributed by atoms with E-state index < -0.39 is 6.03 Å². The van der Waals surface area contributed by atoms with Crippen LogP contribution in [0.15, 0.2) is 76.2 Å². The summed E-state index contributed by atoms with van der Waals surface area (Å²) in [6, 6.07) is 19.5. The van der Waals surface area contributed by atoms with E-state index in [4.69, 9.17) is 9.15 Å². The molecule has 3 N–H and O–H groups in total. The minimum Gasteiger partial charge on any atom is -0.508 e. The number of aromatic nitrogens is 2. The molecule has 3 aromatic carbocycles. The van der Waals surface area contributed by atoms with Gasteiger partial charge in [-0.3, -0.25) is 5.32 Å². The SMILES string of the molecule is C/C(=N/NC(=O)Nc1nnc(COc2ccc3ccccc3c2)o1)c1ccc(O)cc1. The van der Waals surface area contributed by atoms with Crippen LogP contribution in [0.1, 0.15) is 18.4 Å². The molecule has 156 valence electrons. The van der Waals surface area contributed by atoms with Gasteiger partial charge in [0, 0.05) is 0 Å². The van der Waals surface area contributed by atoms with E-state index in [-0.39, 0.29) is 24.3 Å². The maximum atomic E-state index is 12.0. The molecule has 9 nitrogen and oxygen atoms in total. The van der Waals surface area contributed by atoms with Crippen molar-refractivity contribution < 1.29 is 19.1 Å². The molecular weight excluding hydrogens is 398 g/mol. The van der Waals surface area contributed by atoms with E-state index >= 15 is 0 Å². The highest BCUT2D eigenvalue weighted by Gasteiger charge is 2.10. The first-order chi connectivity index (χ1) is 15.1. The molecule has 9 heteroatoms. The standard InChI is InChI=1S/C22H19N5O4/c1-14(15-6-9-18(28)10-7-15)24-26-21(29)23-22-27-25-20(31-22)13-30-19-11-8-16-4-2-3-5-17(16)12-19/h2-12,28H,13H2,1H3,(H2,23,26,27,29)/b24-14-. The summed E-state index contributed by atoms with van der Waals surface area (Å²) in [6.07, 6.45) is 0. The molecule has 0 bridgehead atoms. The molecule has 1 heterocycles. The number of nitrogens with one attached hydrogen (secondary N) is 2. The third-order valence-electron chi connectivity index (χ3n) is 4.38. The van der Waals surface area contributed by atoms with Crippen LogP contribution in [0, 0.1) is 0 Å². The van der Waals surface area contributed by atoms with Gasteiger partial charge in [-0.15, -0.1) is 5.10 Å². The van der Waals surface area contributed by atoms with E-state index in [1.807, 2.05) is 42.5 Å². The minimum absolute atomic E-state index is 0.0623. The van der Waals surface area contributed by atoms with Crippen LogP contribution < -0.4 is 15.5 Å². The molecule has 4 aromatic rings. The summed E-state index contributed by atoms with van der Waals surface area (Å²) in [5, 5.41) is 25.5. The highest BCUT2D eigenvalue weighted by atomic mass is 16.5. The quantitative estimate of drug-likeness (QED) is 0.321. The number of hydrogen-bond donors (Lipinski definition) is 3. The largest absolute Gasteiger partial charge is 0.508 e. The van der Waals surface area contributed by atoms with Crippen molar-refractivity contribution in [3.05, 3.63) is 78.2 Å². The molecule has 0 saturated heterocycles. The van der Waals surface area contributed by atoms with Crippen molar-refractivity contribution in [2.45, 2.75) is 13.5 Å². The first-order valence-corrected chi connectivity index (χ1v) is 9.41. The second kappa shape index (κ2) is 8.95. The Morgan fingerprint density at radius 1 is 1.06 bits per heavy atom. The number of urea groups is 1. The van der Waals surface area contributed by atoms with Gasteiger partial charge < -0.3 is 14.3 Å². The second-order valence-electron chi connectivity index (χ2n) is 6.61. The number of ether oxygens (including phenoxy) is 1. The van der Waals surface area contributed by atoms with Gasteiger partial charge in [-0.05, 0) is 59.7 Å². The first-order valence-electron chi connectivity index (χ1n) is 9.41. The van der Waals surface area contributed by atoms with Gasteiger partial charge in [0.15, 0.2) is 6.61 Å². The minimum atomic E-state index is -0.635. The van der Waals surface area contributed by atoms with Crippen LogP contribution in [0.3, 0.4) is 0 Å². The van der Waals surface area contributed by atoms with Gasteiger partial charge in [0.05, 0.1) is 5.71 Å². The number of amides is 2. The van der Waals surface area contributed by atoms with Crippen LogP contribution in [0.25, 0.3) is 10.8 Å². The lowest BCUT2D eigenvalue weighted by Gasteiger charge is -2.05. The Labute approximate surface area is 177 Å². The zero-order chi connectivity index (χ0) is 21.6. The number of nitrogens with zero attached hydrogens (tertiary/aromatic N) is 3. The van der Waals surface area contributed by atoms with Crippen molar-refractivity contribution in [1.29, 1.82) is 0 Å². The van der Waals surface area contributed by atoms with Crippen molar-refractivity contribution in [1.82, 2.24) is 15.6 Å². The summed E-state index contributed by atoms with van der Waals surface area (Å²) in [5.41, 5.74) is 3.66. The Morgan fingerprint density at radius 3 is 2.65 bits per heavy atom. The number of hydrazone groups is 1. The molecule has 1 aromatic heterocycles. The number of carbonyl (C=O) groups excluding carboxylic acids is 1. The molecule has 0 fully saturated rings. The molecular formula is C22H19N5O4. The fraction of sp³-hybridized carbons (Fsp3) is 0.0909. The Hall–Kier alpha value is -4.40. The maximum absolute atomic E-state index is 12.0. The highest BCUT2D eigenvalue weighted by Crippen LogP contribution is 2.21. The van der Waals surface area contributed by atoms with Gasteiger partial charge in [0.1, 0.15) is 11.5 Å². The fourth-order valence-electron chi connectivity index (χ4n) is 2.79. The Kier molecular flexibility index (Phi) is 5.75. The van der Waals surface area contributed by atoms with Gasteiger partial charge in [-0.25, -0.2) is 10.2 Å². The van der Waals surface area contributed by atoms with Crippen molar-refractivity contribution in [2.75, 3.05) is 5.32 Å². The van der Waals surface area contributed by atoms with Gasteiger partial charge in [-0.1, -0.05) is 35.4 Å². The summed E-state index contributed by atoms with van der Waals surface area (Å²) >= 11 is 0. The molecule has 0 atom stereocenters. The highest BCUT2D eigenvalue weighted by molar-refractivity contribution is 5.99. The molecule has 0 aliphatic heterocycles. The topological polar surface area (TPSA) is 122 Å². The number of anilines is 1. The number of fused-ring (bicyclic) bond motifs is 1. The summed E-state index contributed by atoms with van der Waals surface area (Å²) in [7, 11) is 0. The second-order valence-corrected chi connectivity index (χ2v) is 6.61. The molecule has 0 unspecified atom stereocenters. The van der Waals surface area contributed by atoms with Gasteiger partial charge >= 0.3 is 12.0 Å². The third-order valence-corrected chi connectivity index (χ3v) is 4.38. The number of rotatable bonds is 6. The Morgan fingerprint density at radius 2 is 1.84 bits per heavy atom. The van der Waals surface area contributed by atoms with Gasteiger partial charge in [0.25, 0.3) is 5.89 Å². The normalized spacial score (nSPS) is 11.3. The third kappa shape index (κ3) is 5.15. The lowest BCUT2D eigenvalue weighted by molar-refractivity contribution is 0.250. The number of carbonyl (C=O) groups is 1. The average molecular weight is 417 g/mol. The number of hydrogen-bond acceptors (Lipinski definition) is 7. The Balaban J connectivity index is 1.30. The molecule has 0 aliphatic rings. The predicted octanol–water partition coefficient (Wildman–Crippen LogP) is 4.05. The van der Waals surface area contributed by atoms with Crippen LogP contribution in [-0.2, 0) is 6.61 Å².